The zero-order valence-electron chi connectivity index (χ0n) is 13.6. The number of hydrogen-bond acceptors (Lipinski definition) is 4. The van der Waals surface area contributed by atoms with Gasteiger partial charge >= 0.3 is 0 Å². The lowest BCUT2D eigenvalue weighted by Gasteiger charge is -2.27. The third kappa shape index (κ3) is 9.24. The molecule has 0 fully saturated rings. The van der Waals surface area contributed by atoms with E-state index in [9.17, 15) is 8.42 Å². The van der Waals surface area contributed by atoms with Crippen molar-refractivity contribution in [1.82, 2.24) is 4.31 Å². The van der Waals surface area contributed by atoms with Gasteiger partial charge in [0, 0.05) is 13.6 Å². The summed E-state index contributed by atoms with van der Waals surface area (Å²) in [5, 5.41) is 0. The molecule has 1 atom stereocenters. The molecule has 0 aromatic heterocycles. The maximum absolute atomic E-state index is 12.1. The van der Waals surface area contributed by atoms with Gasteiger partial charge in [0.15, 0.2) is 0 Å². The predicted octanol–water partition coefficient (Wildman–Crippen LogP) is 2.47. The van der Waals surface area contributed by atoms with Crippen LogP contribution in [0, 0.1) is 0 Å². The lowest BCUT2D eigenvalue weighted by atomic mass is 10.2. The van der Waals surface area contributed by atoms with E-state index in [-0.39, 0.29) is 11.9 Å². The van der Waals surface area contributed by atoms with Crippen LogP contribution in [-0.4, -0.2) is 56.5 Å². The van der Waals surface area contributed by atoms with Crippen LogP contribution in [0.4, 0.5) is 0 Å². The Morgan fingerprint density at radius 2 is 1.85 bits per heavy atom. The molecule has 5 nitrogen and oxygen atoms in total. The number of sulfonamides is 1. The van der Waals surface area contributed by atoms with Crippen molar-refractivity contribution in [2.24, 2.45) is 0 Å². The Morgan fingerprint density at radius 3 is 2.35 bits per heavy atom. The average molecular weight is 327 g/mol. The fourth-order valence-corrected chi connectivity index (χ4v) is 4.23. The second-order valence-electron chi connectivity index (χ2n) is 5.74. The maximum Gasteiger partial charge on any atom is 0.216 e. The topological polar surface area (TPSA) is 55.8 Å². The Kier molecular flexibility index (Phi) is 9.43. The van der Waals surface area contributed by atoms with Crippen molar-refractivity contribution < 1.29 is 17.9 Å². The van der Waals surface area contributed by atoms with E-state index >= 15 is 0 Å². The van der Waals surface area contributed by atoms with E-state index in [2.05, 4.69) is 0 Å². The van der Waals surface area contributed by atoms with Gasteiger partial charge in [-0.3, -0.25) is 0 Å². The molecule has 0 radical (unpaired) electrons. The van der Waals surface area contributed by atoms with Crippen LogP contribution in [0.2, 0.25) is 0 Å². The van der Waals surface area contributed by atoms with Gasteiger partial charge in [-0.15, -0.1) is 0 Å². The van der Waals surface area contributed by atoms with Crippen molar-refractivity contribution in [3.05, 3.63) is 0 Å². The van der Waals surface area contributed by atoms with Gasteiger partial charge < -0.3 is 9.47 Å². The number of hydrogen-bond donors (Lipinski definition) is 0. The summed E-state index contributed by atoms with van der Waals surface area (Å²) < 4.78 is 36.8. The first kappa shape index (κ1) is 20.3. The highest BCUT2D eigenvalue weighted by Crippen LogP contribution is 2.20. The summed E-state index contributed by atoms with van der Waals surface area (Å²) in [4.78, 5) is 0. The highest BCUT2D eigenvalue weighted by atomic mass is 32.2. The molecule has 122 valence electrons. The van der Waals surface area contributed by atoms with Crippen LogP contribution in [0.15, 0.2) is 0 Å². The molecule has 0 saturated carbocycles. The minimum Gasteiger partial charge on any atom is -0.375 e. The van der Waals surface area contributed by atoms with Crippen molar-refractivity contribution in [2.75, 3.05) is 32.0 Å². The molecule has 0 aliphatic carbocycles. The highest BCUT2D eigenvalue weighted by molar-refractivity contribution is 7.89. The van der Waals surface area contributed by atoms with Gasteiger partial charge in [0.25, 0.3) is 0 Å². The van der Waals surface area contributed by atoms with Gasteiger partial charge in [-0.25, -0.2) is 12.7 Å². The SMILES string of the molecule is CCCN(C)S(=O)(=O)CC(C)(C)OCPCOC(C)C. The molecule has 0 aromatic rings. The van der Waals surface area contributed by atoms with Gasteiger partial charge in [-0.2, -0.15) is 0 Å². The number of nitrogens with zero attached hydrogens (tertiary/aromatic N) is 1. The Morgan fingerprint density at radius 1 is 1.25 bits per heavy atom. The van der Waals surface area contributed by atoms with Crippen LogP contribution in [0.25, 0.3) is 0 Å². The Balaban J connectivity index is 4.17. The molecule has 20 heavy (non-hydrogen) atoms. The summed E-state index contributed by atoms with van der Waals surface area (Å²) in [5.41, 5.74) is -0.675. The summed E-state index contributed by atoms with van der Waals surface area (Å²) in [6.07, 6.45) is 2.23. The van der Waals surface area contributed by atoms with Crippen LogP contribution in [-0.2, 0) is 19.5 Å². The van der Waals surface area contributed by atoms with Gasteiger partial charge in [0.1, 0.15) is 0 Å². The van der Waals surface area contributed by atoms with E-state index in [1.54, 1.807) is 7.05 Å². The first-order chi connectivity index (χ1) is 9.10. The van der Waals surface area contributed by atoms with E-state index in [0.717, 1.165) is 6.42 Å². The van der Waals surface area contributed by atoms with Crippen LogP contribution in [0.3, 0.4) is 0 Å². The minimum absolute atomic E-state index is 0.00597. The Bertz CT molecular complexity index is 357. The Labute approximate surface area is 126 Å². The van der Waals surface area contributed by atoms with E-state index < -0.39 is 15.6 Å². The van der Waals surface area contributed by atoms with Crippen molar-refractivity contribution in [3.8, 4) is 0 Å². The van der Waals surface area contributed by atoms with Crippen molar-refractivity contribution in [2.45, 2.75) is 52.7 Å². The van der Waals surface area contributed by atoms with E-state index in [1.165, 1.54) is 4.31 Å². The van der Waals surface area contributed by atoms with Crippen molar-refractivity contribution in [3.63, 3.8) is 0 Å². The third-order valence-electron chi connectivity index (χ3n) is 2.63. The Hall–Kier alpha value is 0.260. The number of rotatable bonds is 11. The quantitative estimate of drug-likeness (QED) is 0.432. The lowest BCUT2D eigenvalue weighted by Crippen LogP contribution is -2.40. The fourth-order valence-electron chi connectivity index (χ4n) is 1.56. The van der Waals surface area contributed by atoms with E-state index in [1.807, 2.05) is 34.6 Å². The van der Waals surface area contributed by atoms with Gasteiger partial charge in [-0.05, 0) is 34.1 Å². The van der Waals surface area contributed by atoms with Gasteiger partial charge in [-0.1, -0.05) is 15.5 Å². The summed E-state index contributed by atoms with van der Waals surface area (Å²) in [6.45, 7) is 10.1. The molecular weight excluding hydrogens is 297 g/mol. The lowest BCUT2D eigenvalue weighted by molar-refractivity contribution is 0.0280. The molecule has 0 aromatic carbocycles. The first-order valence-corrected chi connectivity index (χ1v) is 10.0. The molecule has 7 heteroatoms. The van der Waals surface area contributed by atoms with Crippen molar-refractivity contribution in [1.29, 1.82) is 0 Å². The summed E-state index contributed by atoms with van der Waals surface area (Å²) in [7, 11) is -1.11. The van der Waals surface area contributed by atoms with E-state index in [0.29, 0.717) is 27.8 Å². The van der Waals surface area contributed by atoms with E-state index in [4.69, 9.17) is 9.47 Å². The molecule has 0 bridgehead atoms. The normalized spacial score (nSPS) is 14.0. The molecule has 0 heterocycles. The standard InChI is InChI=1S/C13H30NO4PS/c1-7-8-14(6)20(15,16)9-13(4,5)18-11-19-10-17-12(2)3/h12,19H,7-11H2,1-6H3. The molecule has 0 rings (SSSR count). The first-order valence-electron chi connectivity index (χ1n) is 7.01. The monoisotopic (exact) mass is 327 g/mol. The average Bonchev–Trinajstić information content (AvgIpc) is 2.26. The summed E-state index contributed by atoms with van der Waals surface area (Å²) >= 11 is 0. The summed E-state index contributed by atoms with van der Waals surface area (Å²) in [6, 6.07) is 0. The highest BCUT2D eigenvalue weighted by Gasteiger charge is 2.29. The maximum atomic E-state index is 12.1. The molecule has 0 amide bonds. The van der Waals surface area contributed by atoms with Crippen molar-refractivity contribution >= 4 is 18.6 Å². The molecule has 0 spiro atoms. The summed E-state index contributed by atoms with van der Waals surface area (Å²) in [5.74, 6) is 0.00597. The van der Waals surface area contributed by atoms with Crippen LogP contribution >= 0.6 is 8.58 Å². The molecule has 0 aliphatic heterocycles. The zero-order chi connectivity index (χ0) is 15.8. The third-order valence-corrected chi connectivity index (χ3v) is 5.54. The number of ether oxygens (including phenoxy) is 2. The van der Waals surface area contributed by atoms with Crippen LogP contribution in [0.1, 0.15) is 41.0 Å². The molecule has 0 N–H and O–H groups in total. The minimum atomic E-state index is -3.26. The smallest absolute Gasteiger partial charge is 0.216 e. The molecular formula is C13H30NO4PS. The molecule has 1 unspecified atom stereocenters. The second kappa shape index (κ2) is 9.31. The predicted molar refractivity (Wildman–Crippen MR) is 86.1 cm³/mol. The van der Waals surface area contributed by atoms with Gasteiger partial charge in [0.2, 0.25) is 10.0 Å². The zero-order valence-corrected chi connectivity index (χ0v) is 15.4. The second-order valence-corrected chi connectivity index (χ2v) is 8.89. The van der Waals surface area contributed by atoms with Crippen LogP contribution in [0.5, 0.6) is 0 Å². The molecule has 0 saturated heterocycles. The fraction of sp³-hybridized carbons (Fsp3) is 1.00. The van der Waals surface area contributed by atoms with Gasteiger partial charge in [0.05, 0.1) is 30.2 Å². The molecule has 0 aliphatic rings. The van der Waals surface area contributed by atoms with Crippen LogP contribution < -0.4 is 0 Å². The largest absolute Gasteiger partial charge is 0.375 e.